The number of rotatable bonds is 4. The van der Waals surface area contributed by atoms with Gasteiger partial charge in [-0.3, -0.25) is 20.4 Å². The zero-order chi connectivity index (χ0) is 23.8. The fraction of sp³-hybridized carbons (Fsp3) is 0.346. The number of nitrogens with zero attached hydrogens (tertiary/aromatic N) is 2. The van der Waals surface area contributed by atoms with Gasteiger partial charge in [0.1, 0.15) is 11.4 Å². The van der Waals surface area contributed by atoms with Crippen molar-refractivity contribution in [3.63, 3.8) is 0 Å². The molecular weight excluding hydrogens is 414 g/mol. The summed E-state index contributed by atoms with van der Waals surface area (Å²) in [5.41, 5.74) is 7.61. The van der Waals surface area contributed by atoms with E-state index in [9.17, 15) is 9.59 Å². The first kappa shape index (κ1) is 22.6. The predicted molar refractivity (Wildman–Crippen MR) is 129 cm³/mol. The van der Waals surface area contributed by atoms with Gasteiger partial charge in [-0.25, -0.2) is 4.68 Å². The summed E-state index contributed by atoms with van der Waals surface area (Å²) in [4.78, 5) is 25.9. The largest absolute Gasteiger partial charge is 0.363 e. The maximum absolute atomic E-state index is 13.0. The fourth-order valence-corrected chi connectivity index (χ4v) is 4.24. The summed E-state index contributed by atoms with van der Waals surface area (Å²) in [5.74, 6) is -0.0674. The Balaban J connectivity index is 1.51. The molecule has 1 aliphatic rings. The van der Waals surface area contributed by atoms with E-state index in [1.165, 1.54) is 0 Å². The van der Waals surface area contributed by atoms with Gasteiger partial charge in [0.2, 0.25) is 5.91 Å². The monoisotopic (exact) mass is 445 g/mol. The van der Waals surface area contributed by atoms with Gasteiger partial charge in [-0.2, -0.15) is 5.10 Å². The second-order valence-electron chi connectivity index (χ2n) is 9.84. The van der Waals surface area contributed by atoms with Crippen molar-refractivity contribution in [1.82, 2.24) is 20.6 Å². The summed E-state index contributed by atoms with van der Waals surface area (Å²) in [6.45, 7) is 9.87. The third-order valence-electron chi connectivity index (χ3n) is 6.43. The third kappa shape index (κ3) is 4.35. The van der Waals surface area contributed by atoms with Gasteiger partial charge in [-0.15, -0.1) is 0 Å². The lowest BCUT2D eigenvalue weighted by molar-refractivity contribution is -0.126. The zero-order valence-electron chi connectivity index (χ0n) is 19.8. The number of anilines is 1. The number of fused-ring (bicyclic) bond motifs is 1. The molecule has 33 heavy (non-hydrogen) atoms. The lowest BCUT2D eigenvalue weighted by Gasteiger charge is -2.38. The van der Waals surface area contributed by atoms with E-state index < -0.39 is 11.3 Å². The first-order valence-electron chi connectivity index (χ1n) is 11.2. The molecule has 3 aromatic rings. The normalized spacial score (nSPS) is 16.9. The maximum atomic E-state index is 13.0. The van der Waals surface area contributed by atoms with Crippen molar-refractivity contribution in [3.05, 3.63) is 83.0 Å². The minimum Gasteiger partial charge on any atom is -0.363 e. The Labute approximate surface area is 194 Å². The number of aryl methyl sites for hydroxylation is 1. The molecule has 1 unspecified atom stereocenters. The fourth-order valence-electron chi connectivity index (χ4n) is 4.24. The van der Waals surface area contributed by atoms with Crippen molar-refractivity contribution in [2.24, 2.45) is 0 Å². The Morgan fingerprint density at radius 3 is 2.39 bits per heavy atom. The van der Waals surface area contributed by atoms with Gasteiger partial charge in [0.15, 0.2) is 0 Å². The van der Waals surface area contributed by atoms with E-state index in [-0.39, 0.29) is 17.5 Å². The Bertz CT molecular complexity index is 1160. The molecule has 2 heterocycles. The summed E-state index contributed by atoms with van der Waals surface area (Å²) in [6.07, 6.45) is 2.37. The van der Waals surface area contributed by atoms with Crippen LogP contribution in [-0.4, -0.2) is 21.6 Å². The molecule has 0 aliphatic carbocycles. The molecule has 1 aromatic heterocycles. The van der Waals surface area contributed by atoms with Crippen molar-refractivity contribution >= 4 is 17.6 Å². The Morgan fingerprint density at radius 2 is 1.73 bits per heavy atom. The molecular formula is C26H31N5O2. The Hall–Kier alpha value is -3.61. The van der Waals surface area contributed by atoms with E-state index in [0.29, 0.717) is 11.4 Å². The summed E-state index contributed by atoms with van der Waals surface area (Å²) in [7, 11) is 0. The minimum absolute atomic E-state index is 0.0482. The quantitative estimate of drug-likeness (QED) is 0.525. The first-order chi connectivity index (χ1) is 15.6. The van der Waals surface area contributed by atoms with Gasteiger partial charge in [-0.1, -0.05) is 60.2 Å². The lowest BCUT2D eigenvalue weighted by Crippen LogP contribution is -2.49. The number of hydrazine groups is 1. The van der Waals surface area contributed by atoms with Crippen LogP contribution in [0.3, 0.4) is 0 Å². The molecule has 1 aliphatic heterocycles. The molecule has 0 saturated carbocycles. The van der Waals surface area contributed by atoms with Gasteiger partial charge in [-0.05, 0) is 52.2 Å². The highest BCUT2D eigenvalue weighted by molar-refractivity contribution is 6.00. The summed E-state index contributed by atoms with van der Waals surface area (Å²) in [6, 6.07) is 18.0. The molecule has 4 rings (SSSR count). The molecule has 1 atom stereocenters. The number of aromatic nitrogens is 2. The maximum Gasteiger partial charge on any atom is 0.275 e. The van der Waals surface area contributed by atoms with Crippen LogP contribution in [0.2, 0.25) is 0 Å². The number of carbonyl (C=O) groups is 2. The third-order valence-corrected chi connectivity index (χ3v) is 6.43. The molecule has 7 nitrogen and oxygen atoms in total. The van der Waals surface area contributed by atoms with Crippen LogP contribution >= 0.6 is 0 Å². The Morgan fingerprint density at radius 1 is 1.06 bits per heavy atom. The number of hydrogen-bond acceptors (Lipinski definition) is 4. The Kier molecular flexibility index (Phi) is 5.74. The molecule has 7 heteroatoms. The van der Waals surface area contributed by atoms with Gasteiger partial charge >= 0.3 is 0 Å². The second-order valence-corrected chi connectivity index (χ2v) is 9.84. The molecule has 2 aromatic carbocycles. The van der Waals surface area contributed by atoms with Crippen LogP contribution in [0.15, 0.2) is 60.8 Å². The summed E-state index contributed by atoms with van der Waals surface area (Å²) >= 11 is 0. The zero-order valence-corrected chi connectivity index (χ0v) is 19.8. The van der Waals surface area contributed by atoms with Crippen molar-refractivity contribution < 1.29 is 9.59 Å². The SMILES string of the molecule is Cc1ccc(C(C)(C)C(=O)NNC(=O)c2cnn3c2NC(c2ccccc2)CC3(C)C)cc1. The first-order valence-corrected chi connectivity index (χ1v) is 11.2. The van der Waals surface area contributed by atoms with E-state index in [2.05, 4.69) is 47.2 Å². The van der Waals surface area contributed by atoms with Crippen molar-refractivity contribution in [1.29, 1.82) is 0 Å². The van der Waals surface area contributed by atoms with Crippen molar-refractivity contribution in [2.75, 3.05) is 5.32 Å². The number of hydrogen-bond donors (Lipinski definition) is 3. The average Bonchev–Trinajstić information content (AvgIpc) is 3.23. The highest BCUT2D eigenvalue weighted by atomic mass is 16.2. The van der Waals surface area contributed by atoms with Crippen LogP contribution in [0, 0.1) is 6.92 Å². The summed E-state index contributed by atoms with van der Waals surface area (Å²) in [5, 5.41) is 7.95. The molecule has 0 bridgehead atoms. The minimum atomic E-state index is -0.807. The highest BCUT2D eigenvalue weighted by Crippen LogP contribution is 2.39. The van der Waals surface area contributed by atoms with Gasteiger partial charge < -0.3 is 5.32 Å². The average molecular weight is 446 g/mol. The lowest BCUT2D eigenvalue weighted by atomic mass is 9.83. The molecule has 0 saturated heterocycles. The van der Waals surface area contributed by atoms with Gasteiger partial charge in [0.25, 0.3) is 5.91 Å². The van der Waals surface area contributed by atoms with E-state index in [1.54, 1.807) is 6.20 Å². The van der Waals surface area contributed by atoms with E-state index in [4.69, 9.17) is 0 Å². The molecule has 172 valence electrons. The van der Waals surface area contributed by atoms with Crippen LogP contribution in [0.1, 0.15) is 67.2 Å². The van der Waals surface area contributed by atoms with Crippen LogP contribution < -0.4 is 16.2 Å². The molecule has 3 N–H and O–H groups in total. The van der Waals surface area contributed by atoms with Crippen LogP contribution in [-0.2, 0) is 15.7 Å². The van der Waals surface area contributed by atoms with Crippen LogP contribution in [0.5, 0.6) is 0 Å². The van der Waals surface area contributed by atoms with Crippen LogP contribution in [0.25, 0.3) is 0 Å². The van der Waals surface area contributed by atoms with Crippen molar-refractivity contribution in [2.45, 2.75) is 58.0 Å². The molecule has 0 radical (unpaired) electrons. The standard InChI is InChI=1S/C26H31N5O2/c1-17-11-13-19(14-12-17)26(4,5)24(33)30-29-23(32)20-16-27-31-22(20)28-21(15-25(31,2)3)18-9-7-6-8-10-18/h6-14,16,21,28H,15H2,1-5H3,(H,29,32)(H,30,33). The van der Waals surface area contributed by atoms with E-state index >= 15 is 0 Å². The van der Waals surface area contributed by atoms with E-state index in [1.807, 2.05) is 67.9 Å². The number of amides is 2. The topological polar surface area (TPSA) is 88.1 Å². The molecule has 0 fully saturated rings. The van der Waals surface area contributed by atoms with Gasteiger partial charge in [0.05, 0.1) is 23.2 Å². The second kappa shape index (κ2) is 8.39. The van der Waals surface area contributed by atoms with E-state index in [0.717, 1.165) is 23.1 Å². The number of benzene rings is 2. The van der Waals surface area contributed by atoms with Gasteiger partial charge in [0, 0.05) is 0 Å². The van der Waals surface area contributed by atoms with Crippen molar-refractivity contribution in [3.8, 4) is 0 Å². The number of carbonyl (C=O) groups excluding carboxylic acids is 2. The molecule has 0 spiro atoms. The van der Waals surface area contributed by atoms with Crippen LogP contribution in [0.4, 0.5) is 5.82 Å². The predicted octanol–water partition coefficient (Wildman–Crippen LogP) is 4.22. The summed E-state index contributed by atoms with van der Waals surface area (Å²) < 4.78 is 1.85. The smallest absolute Gasteiger partial charge is 0.275 e. The number of nitrogens with one attached hydrogen (secondary N) is 3. The highest BCUT2D eigenvalue weighted by Gasteiger charge is 2.37. The molecule has 2 amide bonds.